The zero-order valence-corrected chi connectivity index (χ0v) is 13.6. The standard InChI is InChI=1S/C19H21NO4/c1-24-18(22)20-14-8-13-17(21)19(23,15-9-4-2-5-10-15)16-11-6-3-7-12-16/h2-7,9-12,23H,8,13-14H2,1H3,(H,20,22). The number of amides is 1. The molecule has 5 heteroatoms. The number of aliphatic hydroxyl groups is 1. The molecule has 24 heavy (non-hydrogen) atoms. The molecule has 0 saturated carbocycles. The van der Waals surface area contributed by atoms with Gasteiger partial charge in [-0.25, -0.2) is 4.79 Å². The number of carbonyl (C=O) groups excluding carboxylic acids is 2. The zero-order chi connectivity index (χ0) is 17.4. The van der Waals surface area contributed by atoms with E-state index in [0.717, 1.165) is 0 Å². The number of ketones is 1. The maximum Gasteiger partial charge on any atom is 0.406 e. The van der Waals surface area contributed by atoms with Crippen LogP contribution in [0.25, 0.3) is 0 Å². The van der Waals surface area contributed by atoms with Gasteiger partial charge in [-0.3, -0.25) is 4.79 Å². The Bertz CT molecular complexity index is 631. The highest BCUT2D eigenvalue weighted by Gasteiger charge is 2.38. The molecule has 0 spiro atoms. The lowest BCUT2D eigenvalue weighted by molar-refractivity contribution is -0.134. The summed E-state index contributed by atoms with van der Waals surface area (Å²) in [6.45, 7) is 0.304. The number of benzene rings is 2. The fourth-order valence-electron chi connectivity index (χ4n) is 2.54. The van der Waals surface area contributed by atoms with Crippen molar-refractivity contribution in [3.63, 3.8) is 0 Å². The second kappa shape index (κ2) is 8.26. The largest absolute Gasteiger partial charge is 0.453 e. The number of carbonyl (C=O) groups is 2. The summed E-state index contributed by atoms with van der Waals surface area (Å²) in [5.74, 6) is -0.313. The number of ether oxygens (including phenoxy) is 1. The first-order valence-electron chi connectivity index (χ1n) is 7.77. The van der Waals surface area contributed by atoms with E-state index in [-0.39, 0.29) is 12.2 Å². The van der Waals surface area contributed by atoms with Crippen molar-refractivity contribution >= 4 is 11.9 Å². The number of rotatable bonds is 7. The highest BCUT2D eigenvalue weighted by atomic mass is 16.5. The van der Waals surface area contributed by atoms with E-state index in [9.17, 15) is 14.7 Å². The first kappa shape index (κ1) is 17.7. The normalized spacial score (nSPS) is 10.9. The second-order valence-electron chi connectivity index (χ2n) is 5.39. The van der Waals surface area contributed by atoms with Crippen LogP contribution >= 0.6 is 0 Å². The SMILES string of the molecule is COC(=O)NCCCC(=O)C(O)(c1ccccc1)c1ccccc1. The van der Waals surface area contributed by atoms with Gasteiger partial charge in [0, 0.05) is 13.0 Å². The van der Waals surface area contributed by atoms with Gasteiger partial charge in [0.1, 0.15) is 0 Å². The van der Waals surface area contributed by atoms with Gasteiger partial charge in [-0.15, -0.1) is 0 Å². The third-order valence-corrected chi connectivity index (χ3v) is 3.82. The first-order valence-corrected chi connectivity index (χ1v) is 7.77. The van der Waals surface area contributed by atoms with E-state index >= 15 is 0 Å². The van der Waals surface area contributed by atoms with Gasteiger partial charge >= 0.3 is 6.09 Å². The summed E-state index contributed by atoms with van der Waals surface area (Å²) >= 11 is 0. The van der Waals surface area contributed by atoms with Crippen LogP contribution < -0.4 is 5.32 Å². The highest BCUT2D eigenvalue weighted by molar-refractivity contribution is 5.91. The van der Waals surface area contributed by atoms with Crippen molar-refractivity contribution in [2.75, 3.05) is 13.7 Å². The number of Topliss-reactive ketones (excluding diaryl/α,β-unsaturated/α-hetero) is 1. The van der Waals surface area contributed by atoms with Crippen molar-refractivity contribution in [1.29, 1.82) is 0 Å². The summed E-state index contributed by atoms with van der Waals surface area (Å²) in [5.41, 5.74) is -0.641. The molecule has 2 N–H and O–H groups in total. The first-order chi connectivity index (χ1) is 11.6. The quantitative estimate of drug-likeness (QED) is 0.767. The molecule has 5 nitrogen and oxygen atoms in total. The molecule has 0 aliphatic heterocycles. The summed E-state index contributed by atoms with van der Waals surface area (Å²) in [5, 5.41) is 13.7. The van der Waals surface area contributed by atoms with E-state index < -0.39 is 11.7 Å². The molecule has 2 rings (SSSR count). The fourth-order valence-corrected chi connectivity index (χ4v) is 2.54. The number of methoxy groups -OCH3 is 1. The van der Waals surface area contributed by atoms with Gasteiger partial charge < -0.3 is 15.2 Å². The Morgan fingerprint density at radius 2 is 1.50 bits per heavy atom. The van der Waals surface area contributed by atoms with Crippen LogP contribution in [0.2, 0.25) is 0 Å². The van der Waals surface area contributed by atoms with Crippen LogP contribution in [0.4, 0.5) is 4.79 Å². The predicted octanol–water partition coefficient (Wildman–Crippen LogP) is 2.63. The molecule has 2 aromatic rings. The summed E-state index contributed by atoms with van der Waals surface area (Å²) in [7, 11) is 1.28. The third kappa shape index (κ3) is 4.00. The van der Waals surface area contributed by atoms with Crippen LogP contribution in [0.15, 0.2) is 60.7 Å². The van der Waals surface area contributed by atoms with Crippen molar-refractivity contribution in [3.8, 4) is 0 Å². The van der Waals surface area contributed by atoms with Crippen molar-refractivity contribution in [1.82, 2.24) is 5.32 Å². The minimum atomic E-state index is -1.70. The zero-order valence-electron chi connectivity index (χ0n) is 13.6. The molecule has 0 aliphatic carbocycles. The van der Waals surface area contributed by atoms with Gasteiger partial charge in [0.25, 0.3) is 0 Å². The molecule has 0 fully saturated rings. The molecular weight excluding hydrogens is 306 g/mol. The Hall–Kier alpha value is -2.66. The molecule has 126 valence electrons. The number of hydrogen-bond donors (Lipinski definition) is 2. The van der Waals surface area contributed by atoms with E-state index in [1.807, 2.05) is 12.1 Å². The molecule has 0 atom stereocenters. The second-order valence-corrected chi connectivity index (χ2v) is 5.39. The lowest BCUT2D eigenvalue weighted by atomic mass is 9.81. The molecular formula is C19H21NO4. The summed E-state index contributed by atoms with van der Waals surface area (Å²) in [4.78, 5) is 23.8. The molecule has 0 aromatic heterocycles. The number of alkyl carbamates (subject to hydrolysis) is 1. The van der Waals surface area contributed by atoms with E-state index in [4.69, 9.17) is 0 Å². The van der Waals surface area contributed by atoms with Crippen LogP contribution in [0.3, 0.4) is 0 Å². The Morgan fingerprint density at radius 3 is 1.96 bits per heavy atom. The van der Waals surface area contributed by atoms with Crippen LogP contribution in [0, 0.1) is 0 Å². The van der Waals surface area contributed by atoms with Crippen molar-refractivity contribution in [2.24, 2.45) is 0 Å². The monoisotopic (exact) mass is 327 g/mol. The van der Waals surface area contributed by atoms with Gasteiger partial charge in [-0.05, 0) is 17.5 Å². The average Bonchev–Trinajstić information content (AvgIpc) is 2.65. The average molecular weight is 327 g/mol. The maximum absolute atomic E-state index is 12.8. The topological polar surface area (TPSA) is 75.6 Å². The van der Waals surface area contributed by atoms with Crippen LogP contribution in [0.5, 0.6) is 0 Å². The molecule has 2 aromatic carbocycles. The lowest BCUT2D eigenvalue weighted by Crippen LogP contribution is -2.37. The molecule has 1 amide bonds. The van der Waals surface area contributed by atoms with Crippen molar-refractivity contribution in [3.05, 3.63) is 71.8 Å². The molecule has 0 saturated heterocycles. The van der Waals surface area contributed by atoms with Gasteiger partial charge in [0.05, 0.1) is 7.11 Å². The van der Waals surface area contributed by atoms with E-state index in [1.54, 1.807) is 48.5 Å². The molecule has 0 bridgehead atoms. The maximum atomic E-state index is 12.8. The van der Waals surface area contributed by atoms with Gasteiger partial charge in [0.15, 0.2) is 11.4 Å². The smallest absolute Gasteiger partial charge is 0.406 e. The van der Waals surface area contributed by atoms with E-state index in [1.165, 1.54) is 7.11 Å². The summed E-state index contributed by atoms with van der Waals surface area (Å²) in [6, 6.07) is 17.7. The van der Waals surface area contributed by atoms with Crippen molar-refractivity contribution in [2.45, 2.75) is 18.4 Å². The number of hydrogen-bond acceptors (Lipinski definition) is 4. The van der Waals surface area contributed by atoms with Crippen LogP contribution in [-0.4, -0.2) is 30.6 Å². The number of nitrogens with one attached hydrogen (secondary N) is 1. The minimum Gasteiger partial charge on any atom is -0.453 e. The Balaban J connectivity index is 2.18. The predicted molar refractivity (Wildman–Crippen MR) is 90.5 cm³/mol. The molecule has 0 radical (unpaired) electrons. The molecule has 0 aliphatic rings. The Morgan fingerprint density at radius 1 is 1.00 bits per heavy atom. The third-order valence-electron chi connectivity index (χ3n) is 3.82. The summed E-state index contributed by atoms with van der Waals surface area (Å²) in [6.07, 6.45) is 0.00374. The van der Waals surface area contributed by atoms with Gasteiger partial charge in [-0.2, -0.15) is 0 Å². The molecule has 0 heterocycles. The fraction of sp³-hybridized carbons (Fsp3) is 0.263. The Kier molecular flexibility index (Phi) is 6.09. The summed E-state index contributed by atoms with van der Waals surface area (Å²) < 4.78 is 4.48. The van der Waals surface area contributed by atoms with E-state index in [0.29, 0.717) is 24.1 Å². The highest BCUT2D eigenvalue weighted by Crippen LogP contribution is 2.31. The lowest BCUT2D eigenvalue weighted by Gasteiger charge is -2.28. The van der Waals surface area contributed by atoms with E-state index in [2.05, 4.69) is 10.1 Å². The van der Waals surface area contributed by atoms with Gasteiger partial charge in [0.2, 0.25) is 0 Å². The molecule has 0 unspecified atom stereocenters. The van der Waals surface area contributed by atoms with Crippen LogP contribution in [0.1, 0.15) is 24.0 Å². The van der Waals surface area contributed by atoms with Crippen LogP contribution in [-0.2, 0) is 15.1 Å². The van der Waals surface area contributed by atoms with Gasteiger partial charge in [-0.1, -0.05) is 60.7 Å². The Labute approximate surface area is 141 Å². The minimum absolute atomic E-state index is 0.129. The van der Waals surface area contributed by atoms with Crippen molar-refractivity contribution < 1.29 is 19.4 Å².